The van der Waals surface area contributed by atoms with Gasteiger partial charge in [-0.05, 0) is 43.3 Å². The van der Waals surface area contributed by atoms with Gasteiger partial charge < -0.3 is 25.6 Å². The number of aryl methyl sites for hydroxylation is 1. The van der Waals surface area contributed by atoms with Crippen molar-refractivity contribution in [3.05, 3.63) is 59.2 Å². The smallest absolute Gasteiger partial charge is 0.229 e. The highest BCUT2D eigenvalue weighted by molar-refractivity contribution is 6.32. The standard InChI is InChI=1S/C22H25ClN6O/c1-15-14-25-22(28-21(15)26-17-5-8-19(23)20(13-17)30-2)27-16-3-6-18(7-4-16)29-11-9-24-10-12-29/h3-8,13-14,24H,9-12H2,1-2H3,(H2,25,26,27,28). The molecular weight excluding hydrogens is 400 g/mol. The van der Waals surface area contributed by atoms with Crippen LogP contribution in [0, 0.1) is 6.92 Å². The van der Waals surface area contributed by atoms with Crippen LogP contribution in [0.4, 0.5) is 28.8 Å². The zero-order valence-corrected chi connectivity index (χ0v) is 17.8. The maximum absolute atomic E-state index is 6.11. The predicted molar refractivity (Wildman–Crippen MR) is 123 cm³/mol. The summed E-state index contributed by atoms with van der Waals surface area (Å²) < 4.78 is 5.29. The molecule has 156 valence electrons. The second-order valence-electron chi connectivity index (χ2n) is 7.11. The number of methoxy groups -OCH3 is 1. The van der Waals surface area contributed by atoms with Gasteiger partial charge in [0, 0.05) is 61.1 Å². The van der Waals surface area contributed by atoms with Gasteiger partial charge in [-0.15, -0.1) is 0 Å². The Labute approximate surface area is 181 Å². The van der Waals surface area contributed by atoms with E-state index in [0.29, 0.717) is 22.5 Å². The fraction of sp³-hybridized carbons (Fsp3) is 0.273. The topological polar surface area (TPSA) is 74.3 Å². The molecule has 0 radical (unpaired) electrons. The molecule has 7 nitrogen and oxygen atoms in total. The first-order chi connectivity index (χ1) is 14.6. The Kier molecular flexibility index (Phi) is 6.21. The number of halogens is 1. The van der Waals surface area contributed by atoms with Crippen LogP contribution in [0.1, 0.15) is 5.56 Å². The number of nitrogens with zero attached hydrogens (tertiary/aromatic N) is 3. The average Bonchev–Trinajstić information content (AvgIpc) is 2.78. The Bertz CT molecular complexity index is 1010. The highest BCUT2D eigenvalue weighted by atomic mass is 35.5. The Morgan fingerprint density at radius 2 is 1.77 bits per heavy atom. The summed E-state index contributed by atoms with van der Waals surface area (Å²) >= 11 is 6.11. The summed E-state index contributed by atoms with van der Waals surface area (Å²) in [6.45, 7) is 6.05. The third-order valence-electron chi connectivity index (χ3n) is 4.99. The third-order valence-corrected chi connectivity index (χ3v) is 5.30. The van der Waals surface area contributed by atoms with Crippen LogP contribution in [0.25, 0.3) is 0 Å². The maximum Gasteiger partial charge on any atom is 0.229 e. The molecule has 1 aromatic heterocycles. The van der Waals surface area contributed by atoms with Crippen LogP contribution in [0.5, 0.6) is 5.75 Å². The first kappa shape index (κ1) is 20.3. The molecule has 1 saturated heterocycles. The van der Waals surface area contributed by atoms with Gasteiger partial charge in [-0.1, -0.05) is 11.6 Å². The lowest BCUT2D eigenvalue weighted by molar-refractivity contribution is 0.415. The molecule has 0 bridgehead atoms. The number of aromatic nitrogens is 2. The SMILES string of the molecule is COc1cc(Nc2nc(Nc3ccc(N4CCNCC4)cc3)ncc2C)ccc1Cl. The minimum atomic E-state index is 0.527. The first-order valence-electron chi connectivity index (χ1n) is 9.89. The molecule has 2 aromatic carbocycles. The summed E-state index contributed by atoms with van der Waals surface area (Å²) in [5.74, 6) is 1.85. The number of anilines is 5. The first-order valence-corrected chi connectivity index (χ1v) is 10.3. The summed E-state index contributed by atoms with van der Waals surface area (Å²) in [5, 5.41) is 10.5. The maximum atomic E-state index is 6.11. The summed E-state index contributed by atoms with van der Waals surface area (Å²) in [5.41, 5.74) is 3.94. The number of ether oxygens (including phenoxy) is 1. The Morgan fingerprint density at radius 3 is 2.50 bits per heavy atom. The van der Waals surface area contributed by atoms with Gasteiger partial charge >= 0.3 is 0 Å². The van der Waals surface area contributed by atoms with E-state index in [0.717, 1.165) is 43.1 Å². The fourth-order valence-electron chi connectivity index (χ4n) is 3.31. The lowest BCUT2D eigenvalue weighted by atomic mass is 10.2. The van der Waals surface area contributed by atoms with E-state index in [1.54, 1.807) is 19.4 Å². The quantitative estimate of drug-likeness (QED) is 0.543. The number of piperazine rings is 1. The average molecular weight is 425 g/mol. The van der Waals surface area contributed by atoms with Gasteiger partial charge in [0.25, 0.3) is 0 Å². The van der Waals surface area contributed by atoms with Crippen molar-refractivity contribution in [3.63, 3.8) is 0 Å². The number of hydrogen-bond acceptors (Lipinski definition) is 7. The van der Waals surface area contributed by atoms with E-state index < -0.39 is 0 Å². The van der Waals surface area contributed by atoms with Crippen molar-refractivity contribution in [2.24, 2.45) is 0 Å². The lowest BCUT2D eigenvalue weighted by Crippen LogP contribution is -2.43. The van der Waals surface area contributed by atoms with Crippen molar-refractivity contribution in [1.82, 2.24) is 15.3 Å². The van der Waals surface area contributed by atoms with Crippen LogP contribution in [-0.2, 0) is 0 Å². The van der Waals surface area contributed by atoms with Gasteiger partial charge in [-0.2, -0.15) is 4.98 Å². The molecule has 4 rings (SSSR count). The fourth-order valence-corrected chi connectivity index (χ4v) is 3.51. The molecular formula is C22H25ClN6O. The third kappa shape index (κ3) is 4.75. The highest BCUT2D eigenvalue weighted by Gasteiger charge is 2.11. The molecule has 30 heavy (non-hydrogen) atoms. The minimum absolute atomic E-state index is 0.527. The second kappa shape index (κ2) is 9.19. The van der Waals surface area contributed by atoms with Crippen LogP contribution >= 0.6 is 11.6 Å². The number of hydrogen-bond donors (Lipinski definition) is 3. The van der Waals surface area contributed by atoms with Crippen molar-refractivity contribution in [3.8, 4) is 5.75 Å². The van der Waals surface area contributed by atoms with Crippen molar-refractivity contribution in [2.45, 2.75) is 6.92 Å². The monoisotopic (exact) mass is 424 g/mol. The van der Waals surface area contributed by atoms with Crippen molar-refractivity contribution in [2.75, 3.05) is 48.8 Å². The normalized spacial score (nSPS) is 13.8. The number of rotatable bonds is 6. The van der Waals surface area contributed by atoms with Crippen molar-refractivity contribution < 1.29 is 4.74 Å². The van der Waals surface area contributed by atoms with E-state index in [-0.39, 0.29) is 0 Å². The molecule has 3 aromatic rings. The number of benzene rings is 2. The zero-order chi connectivity index (χ0) is 20.9. The molecule has 0 unspecified atom stereocenters. The van der Waals surface area contributed by atoms with Crippen LogP contribution in [0.15, 0.2) is 48.7 Å². The molecule has 8 heteroatoms. The van der Waals surface area contributed by atoms with Gasteiger partial charge in [0.1, 0.15) is 11.6 Å². The van der Waals surface area contributed by atoms with E-state index in [1.165, 1.54) is 5.69 Å². The van der Waals surface area contributed by atoms with Gasteiger partial charge in [0.15, 0.2) is 0 Å². The van der Waals surface area contributed by atoms with E-state index in [2.05, 4.69) is 55.1 Å². The molecule has 1 fully saturated rings. The van der Waals surface area contributed by atoms with Crippen LogP contribution in [-0.4, -0.2) is 43.3 Å². The molecule has 0 amide bonds. The van der Waals surface area contributed by atoms with Crippen molar-refractivity contribution >= 4 is 40.4 Å². The van der Waals surface area contributed by atoms with E-state index in [9.17, 15) is 0 Å². The summed E-state index contributed by atoms with van der Waals surface area (Å²) in [6, 6.07) is 13.9. The summed E-state index contributed by atoms with van der Waals surface area (Å²) in [7, 11) is 1.59. The zero-order valence-electron chi connectivity index (χ0n) is 17.1. The Balaban J connectivity index is 1.47. The lowest BCUT2D eigenvalue weighted by Gasteiger charge is -2.29. The van der Waals surface area contributed by atoms with Crippen molar-refractivity contribution in [1.29, 1.82) is 0 Å². The van der Waals surface area contributed by atoms with Crippen LogP contribution < -0.4 is 25.6 Å². The molecule has 1 aliphatic heterocycles. The van der Waals surface area contributed by atoms with E-state index >= 15 is 0 Å². The highest BCUT2D eigenvalue weighted by Crippen LogP contribution is 2.29. The van der Waals surface area contributed by atoms with Crippen LogP contribution in [0.3, 0.4) is 0 Å². The molecule has 3 N–H and O–H groups in total. The van der Waals surface area contributed by atoms with E-state index in [1.807, 2.05) is 19.1 Å². The summed E-state index contributed by atoms with van der Waals surface area (Å²) in [4.78, 5) is 11.4. The molecule has 0 aliphatic carbocycles. The Hall–Kier alpha value is -3.03. The van der Waals surface area contributed by atoms with E-state index in [4.69, 9.17) is 16.3 Å². The second-order valence-corrected chi connectivity index (χ2v) is 7.52. The van der Waals surface area contributed by atoms with Crippen LogP contribution in [0.2, 0.25) is 5.02 Å². The predicted octanol–water partition coefficient (Wildman–Crippen LogP) is 4.34. The molecule has 0 spiro atoms. The van der Waals surface area contributed by atoms with Gasteiger partial charge in [0.2, 0.25) is 5.95 Å². The summed E-state index contributed by atoms with van der Waals surface area (Å²) in [6.07, 6.45) is 1.79. The van der Waals surface area contributed by atoms with Gasteiger partial charge in [-0.25, -0.2) is 4.98 Å². The molecule has 1 aliphatic rings. The minimum Gasteiger partial charge on any atom is -0.495 e. The molecule has 2 heterocycles. The van der Waals surface area contributed by atoms with Gasteiger partial charge in [-0.3, -0.25) is 0 Å². The largest absolute Gasteiger partial charge is 0.495 e. The molecule has 0 saturated carbocycles. The Morgan fingerprint density at radius 1 is 1.03 bits per heavy atom. The number of nitrogens with one attached hydrogen (secondary N) is 3. The molecule has 0 atom stereocenters. The van der Waals surface area contributed by atoms with Gasteiger partial charge in [0.05, 0.1) is 12.1 Å².